The summed E-state index contributed by atoms with van der Waals surface area (Å²) in [5.74, 6) is 1.24. The molecule has 0 atom stereocenters. The third-order valence-corrected chi connectivity index (χ3v) is 3.28. The molecular formula is C15H15N3O3. The van der Waals surface area contributed by atoms with Crippen LogP contribution in [0.4, 0.5) is 0 Å². The van der Waals surface area contributed by atoms with Gasteiger partial charge in [-0.2, -0.15) is 5.10 Å². The largest absolute Gasteiger partial charge is 0.493 e. The van der Waals surface area contributed by atoms with Crippen LogP contribution in [0.5, 0.6) is 11.5 Å². The molecule has 2 heterocycles. The molecule has 0 spiro atoms. The molecule has 0 amide bonds. The van der Waals surface area contributed by atoms with E-state index in [1.807, 2.05) is 19.1 Å². The maximum absolute atomic E-state index is 12.1. The van der Waals surface area contributed by atoms with Crippen molar-refractivity contribution in [1.29, 1.82) is 0 Å². The molecular weight excluding hydrogens is 270 g/mol. The maximum Gasteiger partial charge on any atom is 0.274 e. The highest BCUT2D eigenvalue weighted by molar-refractivity contribution is 5.64. The van der Waals surface area contributed by atoms with Gasteiger partial charge in [-0.05, 0) is 31.2 Å². The van der Waals surface area contributed by atoms with Crippen LogP contribution >= 0.6 is 0 Å². The average Bonchev–Trinajstić information content (AvgIpc) is 2.87. The number of nitrogens with zero attached hydrogens (tertiary/aromatic N) is 2. The van der Waals surface area contributed by atoms with E-state index >= 15 is 0 Å². The zero-order valence-corrected chi connectivity index (χ0v) is 12.0. The molecule has 21 heavy (non-hydrogen) atoms. The van der Waals surface area contributed by atoms with Crippen LogP contribution in [0.25, 0.3) is 16.8 Å². The third kappa shape index (κ3) is 2.24. The van der Waals surface area contributed by atoms with Gasteiger partial charge < -0.3 is 14.5 Å². The van der Waals surface area contributed by atoms with Crippen LogP contribution in [0.1, 0.15) is 5.69 Å². The van der Waals surface area contributed by atoms with E-state index in [-0.39, 0.29) is 5.56 Å². The standard InChI is InChI=1S/C15H15N3O3/c1-9-6-12-15(19)16-11(8-18(12)17-9)10-4-5-13(20-2)14(7-10)21-3/h4-8H,1-3H3,(H,16,19). The first-order valence-corrected chi connectivity index (χ1v) is 6.44. The van der Waals surface area contributed by atoms with Gasteiger partial charge in [-0.25, -0.2) is 4.52 Å². The molecule has 6 heteroatoms. The summed E-state index contributed by atoms with van der Waals surface area (Å²) in [6.45, 7) is 1.85. The fourth-order valence-electron chi connectivity index (χ4n) is 2.28. The summed E-state index contributed by atoms with van der Waals surface area (Å²) >= 11 is 0. The minimum atomic E-state index is -0.178. The second-order valence-electron chi connectivity index (χ2n) is 4.68. The van der Waals surface area contributed by atoms with Gasteiger partial charge in [0, 0.05) is 5.56 Å². The summed E-state index contributed by atoms with van der Waals surface area (Å²) in [7, 11) is 3.16. The number of aromatic amines is 1. The smallest absolute Gasteiger partial charge is 0.274 e. The first-order chi connectivity index (χ1) is 10.1. The Balaban J connectivity index is 2.18. The molecule has 0 fully saturated rings. The van der Waals surface area contributed by atoms with Crippen molar-refractivity contribution in [3.05, 3.63) is 46.5 Å². The number of ether oxygens (including phenoxy) is 2. The molecule has 2 aromatic heterocycles. The van der Waals surface area contributed by atoms with Crippen LogP contribution in [0.15, 0.2) is 35.3 Å². The van der Waals surface area contributed by atoms with Crippen LogP contribution < -0.4 is 15.0 Å². The second-order valence-corrected chi connectivity index (χ2v) is 4.68. The van der Waals surface area contributed by atoms with Crippen molar-refractivity contribution >= 4 is 5.52 Å². The molecule has 3 aromatic rings. The molecule has 0 radical (unpaired) electrons. The van der Waals surface area contributed by atoms with E-state index in [9.17, 15) is 4.79 Å². The van der Waals surface area contributed by atoms with Crippen LogP contribution in [-0.4, -0.2) is 28.8 Å². The topological polar surface area (TPSA) is 68.6 Å². The van der Waals surface area contributed by atoms with E-state index in [0.29, 0.717) is 22.7 Å². The fraction of sp³-hybridized carbons (Fsp3) is 0.200. The van der Waals surface area contributed by atoms with Gasteiger partial charge in [0.15, 0.2) is 11.5 Å². The Morgan fingerprint density at radius 1 is 1.14 bits per heavy atom. The Morgan fingerprint density at radius 3 is 2.62 bits per heavy atom. The van der Waals surface area contributed by atoms with Crippen molar-refractivity contribution in [1.82, 2.24) is 14.6 Å². The average molecular weight is 285 g/mol. The van der Waals surface area contributed by atoms with E-state index in [2.05, 4.69) is 10.1 Å². The van der Waals surface area contributed by atoms with Gasteiger partial charge in [0.2, 0.25) is 0 Å². The highest BCUT2D eigenvalue weighted by Crippen LogP contribution is 2.31. The highest BCUT2D eigenvalue weighted by Gasteiger charge is 2.09. The number of benzene rings is 1. The molecule has 0 saturated heterocycles. The number of hydrogen-bond acceptors (Lipinski definition) is 4. The summed E-state index contributed by atoms with van der Waals surface area (Å²) in [6.07, 6.45) is 1.78. The van der Waals surface area contributed by atoms with Crippen LogP contribution in [0, 0.1) is 6.92 Å². The summed E-state index contributed by atoms with van der Waals surface area (Å²) < 4.78 is 12.1. The molecule has 1 aromatic carbocycles. The van der Waals surface area contributed by atoms with E-state index in [4.69, 9.17) is 9.47 Å². The van der Waals surface area contributed by atoms with Crippen molar-refractivity contribution in [3.8, 4) is 22.8 Å². The van der Waals surface area contributed by atoms with Crippen molar-refractivity contribution < 1.29 is 9.47 Å². The Bertz CT molecular complexity index is 864. The third-order valence-electron chi connectivity index (χ3n) is 3.28. The molecule has 0 bridgehead atoms. The lowest BCUT2D eigenvalue weighted by atomic mass is 10.1. The van der Waals surface area contributed by atoms with Gasteiger partial charge in [0.25, 0.3) is 5.56 Å². The minimum absolute atomic E-state index is 0.178. The van der Waals surface area contributed by atoms with Crippen LogP contribution in [0.3, 0.4) is 0 Å². The summed E-state index contributed by atoms with van der Waals surface area (Å²) in [6, 6.07) is 7.21. The van der Waals surface area contributed by atoms with Gasteiger partial charge in [-0.1, -0.05) is 0 Å². The zero-order valence-electron chi connectivity index (χ0n) is 12.0. The molecule has 0 saturated carbocycles. The predicted octanol–water partition coefficient (Wildman–Crippen LogP) is 2.02. The lowest BCUT2D eigenvalue weighted by Gasteiger charge is -2.09. The number of H-pyrrole nitrogens is 1. The number of nitrogens with one attached hydrogen (secondary N) is 1. The van der Waals surface area contributed by atoms with Crippen molar-refractivity contribution in [2.45, 2.75) is 6.92 Å². The Hall–Kier alpha value is -2.76. The maximum atomic E-state index is 12.1. The normalized spacial score (nSPS) is 10.8. The van der Waals surface area contributed by atoms with Gasteiger partial charge in [-0.3, -0.25) is 4.79 Å². The van der Waals surface area contributed by atoms with Crippen molar-refractivity contribution in [3.63, 3.8) is 0 Å². The SMILES string of the molecule is COc1ccc(-c2cn3nc(C)cc3c(=O)[nH]2)cc1OC. The quantitative estimate of drug-likeness (QED) is 0.799. The number of methoxy groups -OCH3 is 2. The van der Waals surface area contributed by atoms with E-state index in [0.717, 1.165) is 11.3 Å². The molecule has 0 aliphatic carbocycles. The van der Waals surface area contributed by atoms with Gasteiger partial charge in [-0.15, -0.1) is 0 Å². The number of rotatable bonds is 3. The van der Waals surface area contributed by atoms with Crippen molar-refractivity contribution in [2.75, 3.05) is 14.2 Å². The number of hydrogen-bond donors (Lipinski definition) is 1. The molecule has 6 nitrogen and oxygen atoms in total. The Kier molecular flexibility index (Phi) is 3.13. The Morgan fingerprint density at radius 2 is 1.90 bits per heavy atom. The molecule has 0 aliphatic rings. The molecule has 108 valence electrons. The summed E-state index contributed by atoms with van der Waals surface area (Å²) in [5.41, 5.74) is 2.63. The fourth-order valence-corrected chi connectivity index (χ4v) is 2.28. The highest BCUT2D eigenvalue weighted by atomic mass is 16.5. The van der Waals surface area contributed by atoms with E-state index in [1.54, 1.807) is 37.1 Å². The van der Waals surface area contributed by atoms with Gasteiger partial charge in [0.05, 0.1) is 31.8 Å². The molecule has 3 rings (SSSR count). The predicted molar refractivity (Wildman–Crippen MR) is 79.1 cm³/mol. The molecule has 1 N–H and O–H groups in total. The lowest BCUT2D eigenvalue weighted by Crippen LogP contribution is -2.10. The van der Waals surface area contributed by atoms with Gasteiger partial charge >= 0.3 is 0 Å². The van der Waals surface area contributed by atoms with Crippen LogP contribution in [-0.2, 0) is 0 Å². The van der Waals surface area contributed by atoms with Gasteiger partial charge in [0.1, 0.15) is 5.52 Å². The van der Waals surface area contributed by atoms with E-state index < -0.39 is 0 Å². The number of fused-ring (bicyclic) bond motifs is 1. The molecule has 0 aliphatic heterocycles. The first-order valence-electron chi connectivity index (χ1n) is 6.44. The zero-order chi connectivity index (χ0) is 15.0. The second kappa shape index (κ2) is 4.97. The summed E-state index contributed by atoms with van der Waals surface area (Å²) in [4.78, 5) is 14.9. The number of aromatic nitrogens is 3. The minimum Gasteiger partial charge on any atom is -0.493 e. The lowest BCUT2D eigenvalue weighted by molar-refractivity contribution is 0.355. The number of aryl methyl sites for hydroxylation is 1. The monoisotopic (exact) mass is 285 g/mol. The molecule has 0 unspecified atom stereocenters. The van der Waals surface area contributed by atoms with Crippen molar-refractivity contribution in [2.24, 2.45) is 0 Å². The van der Waals surface area contributed by atoms with Crippen LogP contribution in [0.2, 0.25) is 0 Å². The Labute approximate surface area is 120 Å². The summed E-state index contributed by atoms with van der Waals surface area (Å²) in [5, 5.41) is 4.28. The van der Waals surface area contributed by atoms with E-state index in [1.165, 1.54) is 0 Å². The first kappa shape index (κ1) is 13.2.